The van der Waals surface area contributed by atoms with Gasteiger partial charge in [0.05, 0.1) is 27.1 Å². The monoisotopic (exact) mass is 621 g/mol. The van der Waals surface area contributed by atoms with Crippen LogP contribution in [0.3, 0.4) is 0 Å². The average molecular weight is 621 g/mol. The highest BCUT2D eigenvalue weighted by atomic mass is 127. The number of benzene rings is 2. The van der Waals surface area contributed by atoms with Gasteiger partial charge in [-0.2, -0.15) is 5.10 Å². The molecule has 7 nitrogen and oxygen atoms in total. The van der Waals surface area contributed by atoms with Crippen LogP contribution in [-0.2, 0) is 16.0 Å². The van der Waals surface area contributed by atoms with E-state index in [1.807, 2.05) is 42.5 Å². The number of carbonyl (C=O) groups excluding carboxylic acids is 2. The van der Waals surface area contributed by atoms with Gasteiger partial charge in [0.2, 0.25) is 0 Å². The highest BCUT2D eigenvalue weighted by molar-refractivity contribution is 14.1. The van der Waals surface area contributed by atoms with Crippen molar-refractivity contribution in [1.82, 2.24) is 10.7 Å². The number of hydrazone groups is 1. The first-order valence-electron chi connectivity index (χ1n) is 8.77. The van der Waals surface area contributed by atoms with Gasteiger partial charge in [0.1, 0.15) is 11.8 Å². The zero-order valence-electron chi connectivity index (χ0n) is 15.9. The second kappa shape index (κ2) is 12.0. The topological polar surface area (TPSA) is 89.0 Å². The van der Waals surface area contributed by atoms with Gasteiger partial charge in [-0.1, -0.05) is 30.3 Å². The van der Waals surface area contributed by atoms with Gasteiger partial charge < -0.3 is 14.8 Å². The van der Waals surface area contributed by atoms with E-state index in [4.69, 9.17) is 9.47 Å². The smallest absolute Gasteiger partial charge is 0.407 e. The summed E-state index contributed by atoms with van der Waals surface area (Å²) in [6.45, 7) is 1.92. The van der Waals surface area contributed by atoms with Gasteiger partial charge in [-0.25, -0.2) is 10.2 Å². The Morgan fingerprint density at radius 1 is 1.17 bits per heavy atom. The minimum Gasteiger partial charge on any atom is -0.495 e. The minimum atomic E-state index is -0.815. The standard InChI is InChI=1S/C20H21I2N3O4/c1-3-29-20(27)24-17(11-13-7-5-4-6-8-13)19(26)25-23-12-14-9-15(21)18(28-2)16(22)10-14/h4-10,12,17H,3,11H2,1-2H3,(H,24,27)(H,25,26)/b23-12-/t17-/m0/s1. The van der Waals surface area contributed by atoms with Crippen LogP contribution < -0.4 is 15.5 Å². The third kappa shape index (κ3) is 7.46. The molecule has 2 aromatic carbocycles. The number of hydrogen-bond donors (Lipinski definition) is 2. The number of methoxy groups -OCH3 is 1. The molecule has 2 N–H and O–H groups in total. The summed E-state index contributed by atoms with van der Waals surface area (Å²) in [5, 5.41) is 6.61. The fraction of sp³-hybridized carbons (Fsp3) is 0.250. The molecule has 0 radical (unpaired) electrons. The molecule has 0 bridgehead atoms. The summed E-state index contributed by atoms with van der Waals surface area (Å²) in [5.41, 5.74) is 4.22. The number of carbonyl (C=O) groups is 2. The van der Waals surface area contributed by atoms with Crippen LogP contribution in [0.2, 0.25) is 0 Å². The van der Waals surface area contributed by atoms with E-state index in [0.717, 1.165) is 24.0 Å². The second-order valence-corrected chi connectivity index (χ2v) is 8.18. The lowest BCUT2D eigenvalue weighted by Crippen LogP contribution is -2.47. The van der Waals surface area contributed by atoms with Crippen LogP contribution in [0.5, 0.6) is 5.75 Å². The zero-order valence-corrected chi connectivity index (χ0v) is 20.3. The van der Waals surface area contributed by atoms with Crippen molar-refractivity contribution in [1.29, 1.82) is 0 Å². The Kier molecular flexibility index (Phi) is 9.64. The van der Waals surface area contributed by atoms with E-state index in [9.17, 15) is 9.59 Å². The van der Waals surface area contributed by atoms with E-state index >= 15 is 0 Å². The van der Waals surface area contributed by atoms with Gasteiger partial charge in [-0.3, -0.25) is 4.79 Å². The molecule has 0 aromatic heterocycles. The summed E-state index contributed by atoms with van der Waals surface area (Å²) in [6, 6.07) is 12.4. The molecule has 29 heavy (non-hydrogen) atoms. The molecule has 9 heteroatoms. The summed E-state index contributed by atoms with van der Waals surface area (Å²) in [4.78, 5) is 24.4. The molecule has 0 fully saturated rings. The Labute approximate surface area is 196 Å². The van der Waals surface area contributed by atoms with Crippen LogP contribution >= 0.6 is 45.2 Å². The third-order valence-corrected chi connectivity index (χ3v) is 5.38. The predicted octanol–water partition coefficient (Wildman–Crippen LogP) is 3.71. The molecule has 0 saturated carbocycles. The van der Waals surface area contributed by atoms with E-state index in [-0.39, 0.29) is 6.61 Å². The lowest BCUT2D eigenvalue weighted by molar-refractivity contribution is -0.123. The van der Waals surface area contributed by atoms with Gasteiger partial charge in [0.15, 0.2) is 0 Å². The molecule has 2 aromatic rings. The van der Waals surface area contributed by atoms with Gasteiger partial charge in [-0.05, 0) is 75.4 Å². The molecular formula is C20H21I2N3O4. The molecule has 0 saturated heterocycles. The molecule has 0 heterocycles. The molecule has 0 aliphatic heterocycles. The number of nitrogens with one attached hydrogen (secondary N) is 2. The van der Waals surface area contributed by atoms with Gasteiger partial charge in [0.25, 0.3) is 5.91 Å². The van der Waals surface area contributed by atoms with E-state index in [2.05, 4.69) is 61.0 Å². The SMILES string of the molecule is CCOC(=O)N[C@@H](Cc1ccccc1)C(=O)N/N=C\c1cc(I)c(OC)c(I)c1. The Morgan fingerprint density at radius 3 is 2.41 bits per heavy atom. The molecule has 154 valence electrons. The van der Waals surface area contributed by atoms with E-state index in [1.54, 1.807) is 20.2 Å². The van der Waals surface area contributed by atoms with E-state index in [1.165, 1.54) is 0 Å². The summed E-state index contributed by atoms with van der Waals surface area (Å²) in [5.74, 6) is 0.366. The maximum atomic E-state index is 12.6. The number of amides is 2. The van der Waals surface area contributed by atoms with Crippen molar-refractivity contribution in [2.24, 2.45) is 5.10 Å². The lowest BCUT2D eigenvalue weighted by Gasteiger charge is -2.16. The summed E-state index contributed by atoms with van der Waals surface area (Å²) < 4.78 is 12.1. The first-order chi connectivity index (χ1) is 13.9. The van der Waals surface area contributed by atoms with E-state index in [0.29, 0.717) is 6.42 Å². The van der Waals surface area contributed by atoms with Crippen molar-refractivity contribution in [3.8, 4) is 5.75 Å². The lowest BCUT2D eigenvalue weighted by atomic mass is 10.1. The van der Waals surface area contributed by atoms with Crippen molar-refractivity contribution >= 4 is 63.4 Å². The molecule has 2 amide bonds. The molecule has 2 rings (SSSR count). The normalized spacial score (nSPS) is 11.7. The van der Waals surface area contributed by atoms with Crippen LogP contribution in [0, 0.1) is 7.14 Å². The van der Waals surface area contributed by atoms with Gasteiger partial charge >= 0.3 is 6.09 Å². The molecular weight excluding hydrogens is 600 g/mol. The predicted molar refractivity (Wildman–Crippen MR) is 128 cm³/mol. The first kappa shape index (κ1) is 23.4. The number of ether oxygens (including phenoxy) is 2. The van der Waals surface area contributed by atoms with Crippen LogP contribution in [0.25, 0.3) is 0 Å². The zero-order chi connectivity index (χ0) is 21.2. The van der Waals surface area contributed by atoms with Crippen LogP contribution in [-0.4, -0.2) is 38.0 Å². The highest BCUT2D eigenvalue weighted by Crippen LogP contribution is 2.27. The van der Waals surface area contributed by atoms with Crippen molar-refractivity contribution in [3.63, 3.8) is 0 Å². The maximum absolute atomic E-state index is 12.6. The summed E-state index contributed by atoms with van der Waals surface area (Å²) in [7, 11) is 1.62. The number of rotatable bonds is 8. The Balaban J connectivity index is 2.08. The summed E-state index contributed by atoms with van der Waals surface area (Å²) >= 11 is 4.36. The largest absolute Gasteiger partial charge is 0.495 e. The number of alkyl carbamates (subject to hydrolysis) is 1. The van der Waals surface area contributed by atoms with Crippen molar-refractivity contribution in [3.05, 3.63) is 60.7 Å². The third-order valence-electron chi connectivity index (χ3n) is 3.78. The number of hydrogen-bond acceptors (Lipinski definition) is 5. The Morgan fingerprint density at radius 2 is 1.83 bits per heavy atom. The molecule has 0 aliphatic rings. The molecule has 0 spiro atoms. The number of halogens is 2. The van der Waals surface area contributed by atoms with Gasteiger partial charge in [0, 0.05) is 6.42 Å². The maximum Gasteiger partial charge on any atom is 0.407 e. The highest BCUT2D eigenvalue weighted by Gasteiger charge is 2.21. The minimum absolute atomic E-state index is 0.221. The van der Waals surface area contributed by atoms with Crippen molar-refractivity contribution in [2.75, 3.05) is 13.7 Å². The second-order valence-electron chi connectivity index (χ2n) is 5.86. The molecule has 0 aliphatic carbocycles. The van der Waals surface area contributed by atoms with Crippen molar-refractivity contribution in [2.45, 2.75) is 19.4 Å². The van der Waals surface area contributed by atoms with Crippen LogP contribution in [0.15, 0.2) is 47.6 Å². The molecule has 0 unspecified atom stereocenters. The van der Waals surface area contributed by atoms with Crippen molar-refractivity contribution < 1.29 is 19.1 Å². The quantitative estimate of drug-likeness (QED) is 0.268. The summed E-state index contributed by atoms with van der Waals surface area (Å²) in [6.07, 6.45) is 1.22. The Bertz CT molecular complexity index is 852. The molecule has 1 atom stereocenters. The van der Waals surface area contributed by atoms with Gasteiger partial charge in [-0.15, -0.1) is 0 Å². The fourth-order valence-corrected chi connectivity index (χ4v) is 4.73. The van der Waals surface area contributed by atoms with E-state index < -0.39 is 18.0 Å². The van der Waals surface area contributed by atoms with Crippen LogP contribution in [0.4, 0.5) is 4.79 Å². The first-order valence-corrected chi connectivity index (χ1v) is 10.9. The average Bonchev–Trinajstić information content (AvgIpc) is 2.68. The van der Waals surface area contributed by atoms with Crippen LogP contribution in [0.1, 0.15) is 18.1 Å². The number of nitrogens with zero attached hydrogens (tertiary/aromatic N) is 1. The Hall–Kier alpha value is -1.89. The fourth-order valence-electron chi connectivity index (χ4n) is 2.47.